The quantitative estimate of drug-likeness (QED) is 0.718. The van der Waals surface area contributed by atoms with Gasteiger partial charge in [0.05, 0.1) is 12.6 Å². The number of nitrogens with zero attached hydrogens (tertiary/aromatic N) is 1. The fourth-order valence-corrected chi connectivity index (χ4v) is 3.32. The molecule has 5 nitrogen and oxygen atoms in total. The highest BCUT2D eigenvalue weighted by Gasteiger charge is 2.21. The summed E-state index contributed by atoms with van der Waals surface area (Å²) >= 11 is 0. The van der Waals surface area contributed by atoms with Crippen molar-refractivity contribution in [1.82, 2.24) is 4.90 Å². The van der Waals surface area contributed by atoms with Gasteiger partial charge in [0.1, 0.15) is 0 Å². The molecular formula is C24H33N3O2. The van der Waals surface area contributed by atoms with Crippen molar-refractivity contribution in [3.63, 3.8) is 0 Å². The molecule has 0 aliphatic rings. The molecule has 0 aromatic heterocycles. The van der Waals surface area contributed by atoms with Crippen LogP contribution in [0.5, 0.6) is 0 Å². The van der Waals surface area contributed by atoms with Crippen molar-refractivity contribution in [3.8, 4) is 0 Å². The highest BCUT2D eigenvalue weighted by Crippen LogP contribution is 2.22. The van der Waals surface area contributed by atoms with E-state index in [4.69, 9.17) is 0 Å². The van der Waals surface area contributed by atoms with Crippen molar-refractivity contribution < 1.29 is 9.59 Å². The van der Waals surface area contributed by atoms with E-state index in [9.17, 15) is 9.59 Å². The molecule has 2 aromatic rings. The number of nitrogens with one attached hydrogen (secondary N) is 2. The van der Waals surface area contributed by atoms with Gasteiger partial charge in [-0.1, -0.05) is 43.7 Å². The standard InChI is InChI=1S/C24H33N3O2/c1-15(2)20-8-10-21(11-9-20)25-24(29)19(6)27(7)14-22(28)26-23-17(4)12-16(3)13-18(23)5/h8-13,15,19H,14H2,1-7H3,(H,25,29)(H,26,28)/t19-/m1/s1. The van der Waals surface area contributed by atoms with E-state index in [1.807, 2.05) is 57.2 Å². The van der Waals surface area contributed by atoms with E-state index in [-0.39, 0.29) is 18.4 Å². The van der Waals surface area contributed by atoms with Crippen LogP contribution in [-0.2, 0) is 9.59 Å². The maximum absolute atomic E-state index is 12.6. The van der Waals surface area contributed by atoms with E-state index in [1.165, 1.54) is 11.1 Å². The number of rotatable bonds is 7. The van der Waals surface area contributed by atoms with Crippen LogP contribution in [0.3, 0.4) is 0 Å². The maximum atomic E-state index is 12.6. The largest absolute Gasteiger partial charge is 0.325 e. The molecule has 1 atom stereocenters. The van der Waals surface area contributed by atoms with Crippen LogP contribution >= 0.6 is 0 Å². The summed E-state index contributed by atoms with van der Waals surface area (Å²) in [5.41, 5.74) is 6.07. The average Bonchev–Trinajstić information content (AvgIpc) is 2.64. The van der Waals surface area contributed by atoms with Gasteiger partial charge in [-0.3, -0.25) is 14.5 Å². The number of likely N-dealkylation sites (N-methyl/N-ethyl adjacent to an activating group) is 1. The minimum atomic E-state index is -0.439. The molecule has 0 spiro atoms. The number of carbonyl (C=O) groups is 2. The van der Waals surface area contributed by atoms with E-state index >= 15 is 0 Å². The second kappa shape index (κ2) is 9.70. The molecule has 0 radical (unpaired) electrons. The Bertz CT molecular complexity index is 849. The van der Waals surface area contributed by atoms with E-state index in [1.54, 1.807) is 18.9 Å². The number of anilines is 2. The molecule has 0 heterocycles. The molecule has 0 saturated carbocycles. The summed E-state index contributed by atoms with van der Waals surface area (Å²) in [5, 5.41) is 5.91. The lowest BCUT2D eigenvalue weighted by Crippen LogP contribution is -2.43. The predicted molar refractivity (Wildman–Crippen MR) is 121 cm³/mol. The van der Waals surface area contributed by atoms with Gasteiger partial charge < -0.3 is 10.6 Å². The van der Waals surface area contributed by atoms with Crippen molar-refractivity contribution in [1.29, 1.82) is 0 Å². The molecule has 2 rings (SSSR count). The highest BCUT2D eigenvalue weighted by molar-refractivity contribution is 5.96. The molecule has 2 aromatic carbocycles. The van der Waals surface area contributed by atoms with Crippen LogP contribution in [0.25, 0.3) is 0 Å². The summed E-state index contributed by atoms with van der Waals surface area (Å²) in [6.45, 7) is 12.2. The lowest BCUT2D eigenvalue weighted by atomic mass is 10.0. The Morgan fingerprint density at radius 2 is 1.48 bits per heavy atom. The average molecular weight is 396 g/mol. The first kappa shape index (κ1) is 22.6. The normalized spacial score (nSPS) is 12.2. The van der Waals surface area contributed by atoms with Gasteiger partial charge in [0.2, 0.25) is 11.8 Å². The molecule has 0 bridgehead atoms. The lowest BCUT2D eigenvalue weighted by Gasteiger charge is -2.24. The summed E-state index contributed by atoms with van der Waals surface area (Å²) in [6, 6.07) is 11.5. The molecular weight excluding hydrogens is 362 g/mol. The second-order valence-corrected chi connectivity index (χ2v) is 8.18. The zero-order valence-electron chi connectivity index (χ0n) is 18.6. The van der Waals surface area contributed by atoms with Crippen LogP contribution in [0, 0.1) is 20.8 Å². The zero-order valence-corrected chi connectivity index (χ0v) is 18.6. The van der Waals surface area contributed by atoms with Crippen molar-refractivity contribution >= 4 is 23.2 Å². The van der Waals surface area contributed by atoms with E-state index < -0.39 is 6.04 Å². The number of carbonyl (C=O) groups excluding carboxylic acids is 2. The van der Waals surface area contributed by atoms with Crippen LogP contribution in [0.15, 0.2) is 36.4 Å². The lowest BCUT2D eigenvalue weighted by molar-refractivity contribution is -0.122. The summed E-state index contributed by atoms with van der Waals surface area (Å²) in [5.74, 6) is 0.174. The Kier molecular flexibility index (Phi) is 7.57. The number of hydrogen-bond donors (Lipinski definition) is 2. The third kappa shape index (κ3) is 6.16. The van der Waals surface area contributed by atoms with Crippen LogP contribution in [0.4, 0.5) is 11.4 Å². The molecule has 0 fully saturated rings. The van der Waals surface area contributed by atoms with Crippen molar-refractivity contribution in [2.45, 2.75) is 53.5 Å². The molecule has 0 aliphatic heterocycles. The molecule has 29 heavy (non-hydrogen) atoms. The van der Waals surface area contributed by atoms with Crippen molar-refractivity contribution in [2.75, 3.05) is 24.2 Å². The SMILES string of the molecule is Cc1cc(C)c(NC(=O)CN(C)[C@H](C)C(=O)Nc2ccc(C(C)C)cc2)c(C)c1. The van der Waals surface area contributed by atoms with E-state index in [0.717, 1.165) is 22.5 Å². The van der Waals surface area contributed by atoms with Crippen LogP contribution in [0.2, 0.25) is 0 Å². The number of hydrogen-bond acceptors (Lipinski definition) is 3. The molecule has 2 N–H and O–H groups in total. The van der Waals surface area contributed by atoms with Crippen LogP contribution < -0.4 is 10.6 Å². The monoisotopic (exact) mass is 395 g/mol. The van der Waals surface area contributed by atoms with Gasteiger partial charge in [0.25, 0.3) is 0 Å². The zero-order chi connectivity index (χ0) is 21.7. The van der Waals surface area contributed by atoms with Crippen molar-refractivity contribution in [2.24, 2.45) is 0 Å². The summed E-state index contributed by atoms with van der Waals surface area (Å²) < 4.78 is 0. The first-order valence-electron chi connectivity index (χ1n) is 10.1. The Labute approximate surface area is 174 Å². The second-order valence-electron chi connectivity index (χ2n) is 8.18. The van der Waals surface area contributed by atoms with Crippen molar-refractivity contribution in [3.05, 3.63) is 58.7 Å². The van der Waals surface area contributed by atoms with E-state index in [2.05, 4.69) is 24.5 Å². The van der Waals surface area contributed by atoms with E-state index in [0.29, 0.717) is 5.92 Å². The Morgan fingerprint density at radius 3 is 2.00 bits per heavy atom. The third-order valence-electron chi connectivity index (χ3n) is 5.22. The Balaban J connectivity index is 1.94. The molecule has 2 amide bonds. The minimum Gasteiger partial charge on any atom is -0.325 e. The molecule has 0 saturated heterocycles. The summed E-state index contributed by atoms with van der Waals surface area (Å²) in [6.07, 6.45) is 0. The number of amides is 2. The third-order valence-corrected chi connectivity index (χ3v) is 5.22. The number of benzene rings is 2. The summed E-state index contributed by atoms with van der Waals surface area (Å²) in [4.78, 5) is 26.8. The Hall–Kier alpha value is -2.66. The summed E-state index contributed by atoms with van der Waals surface area (Å²) in [7, 11) is 1.78. The molecule has 156 valence electrons. The van der Waals surface area contributed by atoms with Gasteiger partial charge in [-0.25, -0.2) is 0 Å². The van der Waals surface area contributed by atoms with Gasteiger partial charge in [0.15, 0.2) is 0 Å². The molecule has 5 heteroatoms. The first-order chi connectivity index (χ1) is 13.6. The topological polar surface area (TPSA) is 61.4 Å². The minimum absolute atomic E-state index is 0.133. The number of aryl methyl sites for hydroxylation is 3. The highest BCUT2D eigenvalue weighted by atomic mass is 16.2. The molecule has 0 aliphatic carbocycles. The molecule has 0 unspecified atom stereocenters. The van der Waals surface area contributed by atoms with Crippen LogP contribution in [0.1, 0.15) is 48.9 Å². The van der Waals surface area contributed by atoms with Gasteiger partial charge in [-0.15, -0.1) is 0 Å². The van der Waals surface area contributed by atoms with Gasteiger partial charge in [-0.05, 0) is 69.5 Å². The predicted octanol–water partition coefficient (Wildman–Crippen LogP) is 4.63. The maximum Gasteiger partial charge on any atom is 0.241 e. The van der Waals surface area contributed by atoms with Crippen LogP contribution in [-0.4, -0.2) is 36.3 Å². The fourth-order valence-electron chi connectivity index (χ4n) is 3.32. The van der Waals surface area contributed by atoms with Gasteiger partial charge in [-0.2, -0.15) is 0 Å². The Morgan fingerprint density at radius 1 is 0.931 bits per heavy atom. The smallest absolute Gasteiger partial charge is 0.241 e. The van der Waals surface area contributed by atoms with Gasteiger partial charge in [0, 0.05) is 11.4 Å². The fraction of sp³-hybridized carbons (Fsp3) is 0.417. The van der Waals surface area contributed by atoms with Gasteiger partial charge >= 0.3 is 0 Å². The first-order valence-corrected chi connectivity index (χ1v) is 10.1.